The minimum atomic E-state index is -0.180. The first-order valence-electron chi connectivity index (χ1n) is 5.49. The van der Waals surface area contributed by atoms with Crippen molar-refractivity contribution in [2.24, 2.45) is 0 Å². The lowest BCUT2D eigenvalue weighted by Crippen LogP contribution is -2.31. The van der Waals surface area contributed by atoms with E-state index in [9.17, 15) is 4.79 Å². The highest BCUT2D eigenvalue weighted by Gasteiger charge is 2.19. The van der Waals surface area contributed by atoms with Gasteiger partial charge in [-0.05, 0) is 31.0 Å². The highest BCUT2D eigenvalue weighted by atomic mass is 35.5. The Labute approximate surface area is 105 Å². The standard InChI is InChI=1S/C12H14ClNO3/c1-9-3-4-10(13)11(7-9)16-8-12(15)14-5-2-6-17-14/h3-4,7H,2,5-6,8H2,1H3. The molecule has 1 aliphatic heterocycles. The van der Waals surface area contributed by atoms with E-state index in [1.165, 1.54) is 5.06 Å². The summed E-state index contributed by atoms with van der Waals surface area (Å²) in [5.41, 5.74) is 1.04. The van der Waals surface area contributed by atoms with Crippen LogP contribution in [0.2, 0.25) is 5.02 Å². The third-order valence-electron chi connectivity index (χ3n) is 2.47. The minimum Gasteiger partial charge on any atom is -0.482 e. The van der Waals surface area contributed by atoms with Crippen molar-refractivity contribution in [1.82, 2.24) is 5.06 Å². The number of ether oxygens (including phenoxy) is 1. The van der Waals surface area contributed by atoms with Crippen LogP contribution in [0, 0.1) is 6.92 Å². The van der Waals surface area contributed by atoms with Crippen LogP contribution in [-0.4, -0.2) is 30.7 Å². The Balaban J connectivity index is 1.92. The van der Waals surface area contributed by atoms with E-state index in [4.69, 9.17) is 21.2 Å². The van der Waals surface area contributed by atoms with Gasteiger partial charge in [0.1, 0.15) is 5.75 Å². The van der Waals surface area contributed by atoms with Crippen molar-refractivity contribution in [3.05, 3.63) is 28.8 Å². The highest BCUT2D eigenvalue weighted by Crippen LogP contribution is 2.25. The average molecular weight is 256 g/mol. The zero-order valence-electron chi connectivity index (χ0n) is 9.61. The van der Waals surface area contributed by atoms with Gasteiger partial charge in [-0.15, -0.1) is 0 Å². The molecule has 0 saturated carbocycles. The fraction of sp³-hybridized carbons (Fsp3) is 0.417. The highest BCUT2D eigenvalue weighted by molar-refractivity contribution is 6.32. The van der Waals surface area contributed by atoms with Crippen molar-refractivity contribution in [1.29, 1.82) is 0 Å². The van der Waals surface area contributed by atoms with Crippen molar-refractivity contribution in [3.8, 4) is 5.75 Å². The Bertz CT molecular complexity index is 416. The Kier molecular flexibility index (Phi) is 3.86. The molecule has 0 atom stereocenters. The van der Waals surface area contributed by atoms with Crippen molar-refractivity contribution in [3.63, 3.8) is 0 Å². The maximum absolute atomic E-state index is 11.6. The van der Waals surface area contributed by atoms with Crippen molar-refractivity contribution < 1.29 is 14.4 Å². The zero-order chi connectivity index (χ0) is 12.3. The monoisotopic (exact) mass is 255 g/mol. The lowest BCUT2D eigenvalue weighted by molar-refractivity contribution is -0.170. The maximum Gasteiger partial charge on any atom is 0.283 e. The van der Waals surface area contributed by atoms with Crippen molar-refractivity contribution in [2.45, 2.75) is 13.3 Å². The Morgan fingerprint density at radius 1 is 1.59 bits per heavy atom. The first-order chi connectivity index (χ1) is 8.16. The third kappa shape index (κ3) is 3.11. The van der Waals surface area contributed by atoms with Gasteiger partial charge in [-0.3, -0.25) is 9.63 Å². The molecule has 0 unspecified atom stereocenters. The second-order valence-electron chi connectivity index (χ2n) is 3.91. The molecule has 1 heterocycles. The molecule has 17 heavy (non-hydrogen) atoms. The van der Waals surface area contributed by atoms with Gasteiger partial charge < -0.3 is 4.74 Å². The Morgan fingerprint density at radius 3 is 3.12 bits per heavy atom. The zero-order valence-corrected chi connectivity index (χ0v) is 10.4. The number of rotatable bonds is 3. The number of amides is 1. The van der Waals surface area contributed by atoms with Crippen molar-refractivity contribution in [2.75, 3.05) is 19.8 Å². The van der Waals surface area contributed by atoms with Crippen LogP contribution in [0.5, 0.6) is 5.75 Å². The van der Waals surface area contributed by atoms with E-state index in [1.54, 1.807) is 12.1 Å². The van der Waals surface area contributed by atoms with E-state index in [2.05, 4.69) is 0 Å². The number of halogens is 1. The summed E-state index contributed by atoms with van der Waals surface area (Å²) in [4.78, 5) is 16.8. The van der Waals surface area contributed by atoms with Gasteiger partial charge in [-0.2, -0.15) is 0 Å². The van der Waals surface area contributed by atoms with Gasteiger partial charge in [0.15, 0.2) is 6.61 Å². The molecule has 92 valence electrons. The smallest absolute Gasteiger partial charge is 0.283 e. The van der Waals surface area contributed by atoms with Crippen LogP contribution in [0.15, 0.2) is 18.2 Å². The second-order valence-corrected chi connectivity index (χ2v) is 4.31. The number of nitrogens with zero attached hydrogens (tertiary/aromatic N) is 1. The molecular formula is C12H14ClNO3. The summed E-state index contributed by atoms with van der Waals surface area (Å²) in [6.07, 6.45) is 0.872. The summed E-state index contributed by atoms with van der Waals surface area (Å²) in [5.74, 6) is 0.347. The van der Waals surface area contributed by atoms with E-state index in [1.807, 2.05) is 13.0 Å². The maximum atomic E-state index is 11.6. The molecule has 0 spiro atoms. The SMILES string of the molecule is Cc1ccc(Cl)c(OCC(=O)N2CCCO2)c1. The van der Waals surface area contributed by atoms with Crippen LogP contribution >= 0.6 is 11.6 Å². The first kappa shape index (κ1) is 12.2. The average Bonchev–Trinajstić information content (AvgIpc) is 2.83. The van der Waals surface area contributed by atoms with Gasteiger partial charge in [0.2, 0.25) is 0 Å². The summed E-state index contributed by atoms with van der Waals surface area (Å²) in [5, 5.41) is 1.84. The topological polar surface area (TPSA) is 38.8 Å². The lowest BCUT2D eigenvalue weighted by atomic mass is 10.2. The number of aryl methyl sites for hydroxylation is 1. The summed E-state index contributed by atoms with van der Waals surface area (Å²) in [6, 6.07) is 5.45. The molecule has 0 bridgehead atoms. The van der Waals surface area contributed by atoms with Crippen LogP contribution < -0.4 is 4.74 Å². The van der Waals surface area contributed by atoms with Crippen LogP contribution in [0.1, 0.15) is 12.0 Å². The Morgan fingerprint density at radius 2 is 2.41 bits per heavy atom. The number of hydrogen-bond acceptors (Lipinski definition) is 3. The van der Waals surface area contributed by atoms with Crippen LogP contribution in [0.25, 0.3) is 0 Å². The summed E-state index contributed by atoms with van der Waals surface area (Å²) < 4.78 is 5.39. The number of hydrogen-bond donors (Lipinski definition) is 0. The molecule has 0 aliphatic carbocycles. The molecular weight excluding hydrogens is 242 g/mol. The van der Waals surface area contributed by atoms with Crippen molar-refractivity contribution >= 4 is 17.5 Å². The molecule has 0 N–H and O–H groups in total. The third-order valence-corrected chi connectivity index (χ3v) is 2.78. The quantitative estimate of drug-likeness (QED) is 0.831. The molecule has 0 aromatic heterocycles. The first-order valence-corrected chi connectivity index (χ1v) is 5.87. The molecule has 1 aliphatic rings. The second kappa shape index (κ2) is 5.38. The number of carbonyl (C=O) groups excluding carboxylic acids is 1. The fourth-order valence-electron chi connectivity index (χ4n) is 1.58. The van der Waals surface area contributed by atoms with Crippen LogP contribution in [0.4, 0.5) is 0 Å². The van der Waals surface area contributed by atoms with Gasteiger partial charge in [0, 0.05) is 0 Å². The summed E-state index contributed by atoms with van der Waals surface area (Å²) >= 11 is 5.96. The van der Waals surface area contributed by atoms with Gasteiger partial charge in [0.05, 0.1) is 18.2 Å². The molecule has 2 rings (SSSR count). The predicted octanol–water partition coefficient (Wildman–Crippen LogP) is 2.19. The number of carbonyl (C=O) groups is 1. The largest absolute Gasteiger partial charge is 0.482 e. The van der Waals surface area contributed by atoms with E-state index in [0.29, 0.717) is 23.9 Å². The van der Waals surface area contributed by atoms with E-state index in [0.717, 1.165) is 12.0 Å². The van der Waals surface area contributed by atoms with E-state index < -0.39 is 0 Å². The normalized spacial score (nSPS) is 15.1. The molecule has 1 saturated heterocycles. The van der Waals surface area contributed by atoms with Gasteiger partial charge in [-0.25, -0.2) is 5.06 Å². The molecule has 1 aromatic carbocycles. The number of benzene rings is 1. The summed E-state index contributed by atoms with van der Waals surface area (Å²) in [6.45, 7) is 3.11. The van der Waals surface area contributed by atoms with Gasteiger partial charge >= 0.3 is 0 Å². The minimum absolute atomic E-state index is 0.0524. The molecule has 1 fully saturated rings. The molecule has 5 heteroatoms. The fourth-order valence-corrected chi connectivity index (χ4v) is 1.75. The van der Waals surface area contributed by atoms with Crippen LogP contribution in [0.3, 0.4) is 0 Å². The summed E-state index contributed by atoms with van der Waals surface area (Å²) in [7, 11) is 0. The Hall–Kier alpha value is -1.26. The molecule has 1 aromatic rings. The van der Waals surface area contributed by atoms with Crippen LogP contribution in [-0.2, 0) is 9.63 Å². The van der Waals surface area contributed by atoms with Gasteiger partial charge in [-0.1, -0.05) is 17.7 Å². The number of hydroxylamine groups is 2. The lowest BCUT2D eigenvalue weighted by Gasteiger charge is -2.14. The molecule has 0 radical (unpaired) electrons. The molecule has 4 nitrogen and oxygen atoms in total. The van der Waals surface area contributed by atoms with Gasteiger partial charge in [0.25, 0.3) is 5.91 Å². The molecule has 1 amide bonds. The van der Waals surface area contributed by atoms with E-state index >= 15 is 0 Å². The van der Waals surface area contributed by atoms with E-state index in [-0.39, 0.29) is 12.5 Å². The predicted molar refractivity (Wildman–Crippen MR) is 64.0 cm³/mol.